The van der Waals surface area contributed by atoms with E-state index in [1.165, 1.54) is 11.1 Å². The van der Waals surface area contributed by atoms with Crippen molar-refractivity contribution in [3.63, 3.8) is 0 Å². The minimum absolute atomic E-state index is 0.602. The molecule has 0 spiro atoms. The van der Waals surface area contributed by atoms with Gasteiger partial charge in [-0.05, 0) is 54.8 Å². The van der Waals surface area contributed by atoms with Gasteiger partial charge in [0, 0.05) is 25.0 Å². The fourth-order valence-electron chi connectivity index (χ4n) is 3.21. The predicted octanol–water partition coefficient (Wildman–Crippen LogP) is 4.18. The van der Waals surface area contributed by atoms with Gasteiger partial charge in [-0.15, -0.1) is 0 Å². The molecule has 26 heavy (non-hydrogen) atoms. The number of benzene rings is 2. The fraction of sp³-hybridized carbons (Fsp3) is 0.238. The van der Waals surface area contributed by atoms with Crippen molar-refractivity contribution in [2.75, 3.05) is 23.4 Å². The van der Waals surface area contributed by atoms with Crippen LogP contribution in [0.5, 0.6) is 5.75 Å². The summed E-state index contributed by atoms with van der Waals surface area (Å²) in [5.41, 5.74) is 3.75. The van der Waals surface area contributed by atoms with Gasteiger partial charge >= 0.3 is 0 Å². The van der Waals surface area contributed by atoms with Crippen LogP contribution in [0.15, 0.2) is 60.8 Å². The third kappa shape index (κ3) is 3.61. The summed E-state index contributed by atoms with van der Waals surface area (Å²) < 4.78 is 5.47. The summed E-state index contributed by atoms with van der Waals surface area (Å²) in [6.45, 7) is 4.49. The molecule has 5 nitrogen and oxygen atoms in total. The van der Waals surface area contributed by atoms with Gasteiger partial charge in [0.05, 0.1) is 6.61 Å². The van der Waals surface area contributed by atoms with Crippen molar-refractivity contribution in [1.29, 1.82) is 0 Å². The molecule has 3 aromatic rings. The van der Waals surface area contributed by atoms with E-state index in [9.17, 15) is 0 Å². The molecule has 0 aliphatic carbocycles. The second-order valence-electron chi connectivity index (χ2n) is 6.26. The number of anilines is 3. The summed E-state index contributed by atoms with van der Waals surface area (Å²) >= 11 is 0. The van der Waals surface area contributed by atoms with Crippen molar-refractivity contribution in [2.45, 2.75) is 19.9 Å². The molecule has 0 amide bonds. The van der Waals surface area contributed by atoms with Crippen LogP contribution >= 0.6 is 0 Å². The standard InChI is InChI=1S/C21H22N4O/c1-2-26-19-9-7-18(8-10-19)23-21-22-13-11-20(24-21)25-14-12-16-5-3-4-6-17(16)15-25/h3-11,13H,2,12,14-15H2,1H3,(H,22,23,24). The minimum Gasteiger partial charge on any atom is -0.494 e. The van der Waals surface area contributed by atoms with Gasteiger partial charge in [-0.25, -0.2) is 4.98 Å². The Balaban J connectivity index is 1.48. The summed E-state index contributed by atoms with van der Waals surface area (Å²) in [6.07, 6.45) is 2.85. The van der Waals surface area contributed by atoms with Crippen LogP contribution in [-0.2, 0) is 13.0 Å². The fourth-order valence-corrected chi connectivity index (χ4v) is 3.21. The molecule has 0 atom stereocenters. The van der Waals surface area contributed by atoms with Crippen molar-refractivity contribution in [1.82, 2.24) is 9.97 Å². The molecule has 0 radical (unpaired) electrons. The number of aromatic nitrogens is 2. The van der Waals surface area contributed by atoms with Crippen LogP contribution in [0.1, 0.15) is 18.1 Å². The SMILES string of the molecule is CCOc1ccc(Nc2nccc(N3CCc4ccccc4C3)n2)cc1. The Morgan fingerprint density at radius 1 is 1.04 bits per heavy atom. The number of fused-ring (bicyclic) bond motifs is 1. The van der Waals surface area contributed by atoms with Gasteiger partial charge < -0.3 is 15.0 Å². The van der Waals surface area contributed by atoms with Crippen molar-refractivity contribution in [3.05, 3.63) is 71.9 Å². The maximum atomic E-state index is 5.47. The highest BCUT2D eigenvalue weighted by Crippen LogP contribution is 2.24. The van der Waals surface area contributed by atoms with Crippen LogP contribution in [0.2, 0.25) is 0 Å². The molecular weight excluding hydrogens is 324 g/mol. The van der Waals surface area contributed by atoms with E-state index >= 15 is 0 Å². The summed E-state index contributed by atoms with van der Waals surface area (Å²) in [5, 5.41) is 3.27. The summed E-state index contributed by atoms with van der Waals surface area (Å²) in [7, 11) is 0. The van der Waals surface area contributed by atoms with Crippen LogP contribution in [0.25, 0.3) is 0 Å². The molecule has 0 unspecified atom stereocenters. The van der Waals surface area contributed by atoms with Gasteiger partial charge in [-0.1, -0.05) is 24.3 Å². The largest absolute Gasteiger partial charge is 0.494 e. The van der Waals surface area contributed by atoms with Crippen LogP contribution in [0.4, 0.5) is 17.5 Å². The number of ether oxygens (including phenoxy) is 1. The molecule has 1 N–H and O–H groups in total. The van der Waals surface area contributed by atoms with E-state index in [2.05, 4.69) is 39.5 Å². The van der Waals surface area contributed by atoms with E-state index in [1.54, 1.807) is 6.20 Å². The topological polar surface area (TPSA) is 50.3 Å². The summed E-state index contributed by atoms with van der Waals surface area (Å²) in [6, 6.07) is 18.4. The molecule has 1 aromatic heterocycles. The van der Waals surface area contributed by atoms with Crippen LogP contribution in [0.3, 0.4) is 0 Å². The lowest BCUT2D eigenvalue weighted by atomic mass is 10.00. The van der Waals surface area contributed by atoms with E-state index in [0.717, 1.165) is 36.8 Å². The molecule has 132 valence electrons. The van der Waals surface area contributed by atoms with Gasteiger partial charge in [0.2, 0.25) is 5.95 Å². The van der Waals surface area contributed by atoms with Gasteiger partial charge in [-0.3, -0.25) is 0 Å². The monoisotopic (exact) mass is 346 g/mol. The highest BCUT2D eigenvalue weighted by Gasteiger charge is 2.17. The lowest BCUT2D eigenvalue weighted by molar-refractivity contribution is 0.340. The number of nitrogens with one attached hydrogen (secondary N) is 1. The first-order chi connectivity index (χ1) is 12.8. The predicted molar refractivity (Wildman–Crippen MR) is 104 cm³/mol. The maximum absolute atomic E-state index is 5.47. The maximum Gasteiger partial charge on any atom is 0.229 e. The van der Waals surface area contributed by atoms with Crippen LogP contribution in [0, 0.1) is 0 Å². The molecule has 2 aromatic carbocycles. The Morgan fingerprint density at radius 2 is 1.85 bits per heavy atom. The average molecular weight is 346 g/mol. The molecule has 1 aliphatic heterocycles. The Kier molecular flexibility index (Phi) is 4.69. The Hall–Kier alpha value is -3.08. The Labute approximate surface area is 153 Å². The first-order valence-electron chi connectivity index (χ1n) is 8.96. The zero-order valence-corrected chi connectivity index (χ0v) is 14.9. The second kappa shape index (κ2) is 7.44. The first-order valence-corrected chi connectivity index (χ1v) is 8.96. The zero-order chi connectivity index (χ0) is 17.8. The lowest BCUT2D eigenvalue weighted by Crippen LogP contribution is -2.31. The van der Waals surface area contributed by atoms with Crippen molar-refractivity contribution in [3.8, 4) is 5.75 Å². The molecule has 2 heterocycles. The van der Waals surface area contributed by atoms with Crippen LogP contribution in [-0.4, -0.2) is 23.1 Å². The number of rotatable bonds is 5. The van der Waals surface area contributed by atoms with E-state index in [1.807, 2.05) is 37.3 Å². The molecule has 5 heteroatoms. The van der Waals surface area contributed by atoms with Crippen LogP contribution < -0.4 is 15.0 Å². The number of hydrogen-bond acceptors (Lipinski definition) is 5. The molecule has 0 bridgehead atoms. The normalized spacial score (nSPS) is 13.2. The average Bonchev–Trinajstić information content (AvgIpc) is 2.69. The smallest absolute Gasteiger partial charge is 0.229 e. The third-order valence-electron chi connectivity index (χ3n) is 4.52. The number of hydrogen-bond donors (Lipinski definition) is 1. The molecule has 4 rings (SSSR count). The first kappa shape index (κ1) is 16.4. The van der Waals surface area contributed by atoms with Crippen molar-refractivity contribution >= 4 is 17.5 Å². The Morgan fingerprint density at radius 3 is 2.65 bits per heavy atom. The number of nitrogens with zero attached hydrogens (tertiary/aromatic N) is 3. The van der Waals surface area contributed by atoms with Crippen molar-refractivity contribution < 1.29 is 4.74 Å². The highest BCUT2D eigenvalue weighted by atomic mass is 16.5. The van der Waals surface area contributed by atoms with E-state index in [-0.39, 0.29) is 0 Å². The molecule has 0 fully saturated rings. The zero-order valence-electron chi connectivity index (χ0n) is 14.9. The van der Waals surface area contributed by atoms with Gasteiger partial charge in [-0.2, -0.15) is 4.98 Å². The van der Waals surface area contributed by atoms with E-state index in [0.29, 0.717) is 12.6 Å². The quantitative estimate of drug-likeness (QED) is 0.751. The highest BCUT2D eigenvalue weighted by molar-refractivity contribution is 5.56. The molecule has 1 aliphatic rings. The summed E-state index contributed by atoms with van der Waals surface area (Å²) in [4.78, 5) is 11.3. The third-order valence-corrected chi connectivity index (χ3v) is 4.52. The van der Waals surface area contributed by atoms with E-state index in [4.69, 9.17) is 9.72 Å². The lowest BCUT2D eigenvalue weighted by Gasteiger charge is -2.29. The molecular formula is C21H22N4O. The van der Waals surface area contributed by atoms with Crippen molar-refractivity contribution in [2.24, 2.45) is 0 Å². The van der Waals surface area contributed by atoms with Gasteiger partial charge in [0.25, 0.3) is 0 Å². The second-order valence-corrected chi connectivity index (χ2v) is 6.26. The minimum atomic E-state index is 0.602. The molecule has 0 saturated heterocycles. The summed E-state index contributed by atoms with van der Waals surface area (Å²) in [5.74, 6) is 2.41. The molecule has 0 saturated carbocycles. The van der Waals surface area contributed by atoms with Gasteiger partial charge in [0.1, 0.15) is 11.6 Å². The van der Waals surface area contributed by atoms with Gasteiger partial charge in [0.15, 0.2) is 0 Å². The Bertz CT molecular complexity index is 879. The van der Waals surface area contributed by atoms with E-state index < -0.39 is 0 Å².